The van der Waals surface area contributed by atoms with E-state index in [9.17, 15) is 4.39 Å². The number of nitrogens with one attached hydrogen (secondary N) is 1. The zero-order valence-corrected chi connectivity index (χ0v) is 11.3. The van der Waals surface area contributed by atoms with Crippen molar-refractivity contribution in [2.24, 2.45) is 0 Å². The maximum Gasteiger partial charge on any atom is 0.224 e. The Morgan fingerprint density at radius 2 is 2.06 bits per heavy atom. The molecule has 1 heterocycles. The zero-order valence-electron chi connectivity index (χ0n) is 8.22. The van der Waals surface area contributed by atoms with Crippen LogP contribution >= 0.6 is 39.1 Å². The van der Waals surface area contributed by atoms with Gasteiger partial charge in [-0.2, -0.15) is 4.98 Å². The molecule has 0 saturated heterocycles. The van der Waals surface area contributed by atoms with Crippen molar-refractivity contribution in [3.05, 3.63) is 45.0 Å². The fourth-order valence-corrected chi connectivity index (χ4v) is 1.73. The molecule has 7 heteroatoms. The molecule has 0 atom stereocenters. The molecule has 88 valence electrons. The monoisotopic (exact) mass is 335 g/mol. The van der Waals surface area contributed by atoms with Crippen LogP contribution in [0.5, 0.6) is 0 Å². The summed E-state index contributed by atoms with van der Waals surface area (Å²) in [6, 6.07) is 4.30. The van der Waals surface area contributed by atoms with E-state index in [4.69, 9.17) is 23.2 Å². The van der Waals surface area contributed by atoms with E-state index < -0.39 is 5.82 Å². The summed E-state index contributed by atoms with van der Waals surface area (Å²) in [7, 11) is 0. The molecule has 0 spiro atoms. The van der Waals surface area contributed by atoms with E-state index in [0.29, 0.717) is 15.3 Å². The zero-order chi connectivity index (χ0) is 12.4. The van der Waals surface area contributed by atoms with Gasteiger partial charge in [0, 0.05) is 11.2 Å². The van der Waals surface area contributed by atoms with Gasteiger partial charge in [-0.25, -0.2) is 9.37 Å². The molecule has 1 aromatic carbocycles. The smallest absolute Gasteiger partial charge is 0.224 e. The van der Waals surface area contributed by atoms with Gasteiger partial charge in [0.2, 0.25) is 5.28 Å². The lowest BCUT2D eigenvalue weighted by atomic mass is 10.3. The topological polar surface area (TPSA) is 37.8 Å². The molecular formula is C10H5BrCl2FN3. The number of nitrogens with zero attached hydrogens (tertiary/aromatic N) is 2. The number of hydrogen-bond donors (Lipinski definition) is 1. The second-order valence-electron chi connectivity index (χ2n) is 3.08. The van der Waals surface area contributed by atoms with E-state index >= 15 is 0 Å². The lowest BCUT2D eigenvalue weighted by Gasteiger charge is -2.08. The van der Waals surface area contributed by atoms with Crippen LogP contribution in [-0.2, 0) is 0 Å². The average molecular weight is 337 g/mol. The van der Waals surface area contributed by atoms with E-state index in [0.717, 1.165) is 0 Å². The predicted octanol–water partition coefficient (Wildman–Crippen LogP) is 4.43. The van der Waals surface area contributed by atoms with Gasteiger partial charge >= 0.3 is 0 Å². The molecule has 0 saturated carbocycles. The molecule has 1 aromatic heterocycles. The van der Waals surface area contributed by atoms with Crippen LogP contribution in [0, 0.1) is 5.82 Å². The molecule has 1 N–H and O–H groups in total. The normalized spacial score (nSPS) is 10.4. The lowest BCUT2D eigenvalue weighted by Crippen LogP contribution is -1.98. The summed E-state index contributed by atoms with van der Waals surface area (Å²) in [4.78, 5) is 7.70. The second-order valence-corrected chi connectivity index (χ2v) is 4.71. The molecule has 2 aromatic rings. The molecular weight excluding hydrogens is 332 g/mol. The first-order valence-corrected chi connectivity index (χ1v) is 6.01. The number of benzene rings is 1. The summed E-state index contributed by atoms with van der Waals surface area (Å²) in [5, 5.41) is 3.19. The van der Waals surface area contributed by atoms with Crippen molar-refractivity contribution < 1.29 is 4.39 Å². The standard InChI is InChI=1S/C10H5BrCl2FN3/c11-6-4-15-10(13)17-9(6)16-8-2-1-5(12)3-7(8)14/h1-4H,(H,15,16,17). The van der Waals surface area contributed by atoms with Gasteiger partial charge in [0.05, 0.1) is 10.2 Å². The quantitative estimate of drug-likeness (QED) is 0.824. The van der Waals surface area contributed by atoms with Crippen LogP contribution in [0.15, 0.2) is 28.9 Å². The highest BCUT2D eigenvalue weighted by Crippen LogP contribution is 2.26. The van der Waals surface area contributed by atoms with Crippen LogP contribution in [-0.4, -0.2) is 9.97 Å². The van der Waals surface area contributed by atoms with Crippen LogP contribution in [0.1, 0.15) is 0 Å². The van der Waals surface area contributed by atoms with Crippen LogP contribution in [0.2, 0.25) is 10.3 Å². The molecule has 0 unspecified atom stereocenters. The van der Waals surface area contributed by atoms with Crippen molar-refractivity contribution >= 4 is 50.6 Å². The van der Waals surface area contributed by atoms with Crippen molar-refractivity contribution in [3.63, 3.8) is 0 Å². The maximum absolute atomic E-state index is 13.5. The molecule has 0 amide bonds. The lowest BCUT2D eigenvalue weighted by molar-refractivity contribution is 0.632. The van der Waals surface area contributed by atoms with Gasteiger partial charge in [0.1, 0.15) is 11.6 Å². The highest BCUT2D eigenvalue weighted by atomic mass is 79.9. The maximum atomic E-state index is 13.5. The van der Waals surface area contributed by atoms with Crippen molar-refractivity contribution in [1.82, 2.24) is 9.97 Å². The Bertz CT molecular complexity index is 565. The molecule has 0 aliphatic rings. The molecule has 0 aliphatic carbocycles. The van der Waals surface area contributed by atoms with Crippen LogP contribution < -0.4 is 5.32 Å². The van der Waals surface area contributed by atoms with Gasteiger partial charge in [-0.1, -0.05) is 11.6 Å². The van der Waals surface area contributed by atoms with E-state index in [1.165, 1.54) is 18.3 Å². The molecule has 0 bridgehead atoms. The van der Waals surface area contributed by atoms with Crippen molar-refractivity contribution in [2.75, 3.05) is 5.32 Å². The SMILES string of the molecule is Fc1cc(Cl)ccc1Nc1nc(Cl)ncc1Br. The molecule has 17 heavy (non-hydrogen) atoms. The van der Waals surface area contributed by atoms with Crippen molar-refractivity contribution in [1.29, 1.82) is 0 Å². The summed E-state index contributed by atoms with van der Waals surface area (Å²) in [6.07, 6.45) is 1.48. The first kappa shape index (κ1) is 12.5. The third-order valence-corrected chi connectivity index (χ3v) is 2.90. The molecule has 3 nitrogen and oxygen atoms in total. The summed E-state index contributed by atoms with van der Waals surface area (Å²) < 4.78 is 14.1. The van der Waals surface area contributed by atoms with Gasteiger partial charge in [0.15, 0.2) is 0 Å². The minimum atomic E-state index is -0.473. The van der Waals surface area contributed by atoms with Gasteiger partial charge in [-0.3, -0.25) is 0 Å². The minimum absolute atomic E-state index is 0.0741. The average Bonchev–Trinajstić information content (AvgIpc) is 2.27. The third-order valence-electron chi connectivity index (χ3n) is 1.90. The molecule has 0 aliphatic heterocycles. The minimum Gasteiger partial charge on any atom is -0.337 e. The van der Waals surface area contributed by atoms with E-state index in [1.807, 2.05) is 0 Å². The van der Waals surface area contributed by atoms with Crippen molar-refractivity contribution in [3.8, 4) is 0 Å². The molecule has 2 rings (SSSR count). The summed E-state index contributed by atoms with van der Waals surface area (Å²) >= 11 is 14.5. The number of hydrogen-bond acceptors (Lipinski definition) is 3. The molecule has 0 fully saturated rings. The van der Waals surface area contributed by atoms with Gasteiger partial charge < -0.3 is 5.32 Å². The second kappa shape index (κ2) is 5.16. The number of anilines is 2. The Labute approximate surface area is 115 Å². The molecule has 0 radical (unpaired) electrons. The highest BCUT2D eigenvalue weighted by Gasteiger charge is 2.08. The fraction of sp³-hybridized carbons (Fsp3) is 0. The van der Waals surface area contributed by atoms with Crippen LogP contribution in [0.4, 0.5) is 15.9 Å². The Hall–Kier alpha value is -0.910. The fourth-order valence-electron chi connectivity index (χ4n) is 1.15. The largest absolute Gasteiger partial charge is 0.337 e. The number of halogens is 4. The Balaban J connectivity index is 2.34. The Morgan fingerprint density at radius 1 is 1.29 bits per heavy atom. The first-order valence-electron chi connectivity index (χ1n) is 4.46. The third kappa shape index (κ3) is 3.06. The van der Waals surface area contributed by atoms with Crippen LogP contribution in [0.25, 0.3) is 0 Å². The van der Waals surface area contributed by atoms with E-state index in [-0.39, 0.29) is 11.0 Å². The predicted molar refractivity (Wildman–Crippen MR) is 69.4 cm³/mol. The van der Waals surface area contributed by atoms with E-state index in [2.05, 4.69) is 31.2 Å². The van der Waals surface area contributed by atoms with Crippen molar-refractivity contribution in [2.45, 2.75) is 0 Å². The number of rotatable bonds is 2. The number of aromatic nitrogens is 2. The van der Waals surface area contributed by atoms with Gasteiger partial charge in [0.25, 0.3) is 0 Å². The van der Waals surface area contributed by atoms with Crippen LogP contribution in [0.3, 0.4) is 0 Å². The summed E-state index contributed by atoms with van der Waals surface area (Å²) in [6.45, 7) is 0. The van der Waals surface area contributed by atoms with Gasteiger partial charge in [-0.15, -0.1) is 0 Å². The Kier molecular flexibility index (Phi) is 3.81. The summed E-state index contributed by atoms with van der Waals surface area (Å²) in [5.41, 5.74) is 0.255. The van der Waals surface area contributed by atoms with Gasteiger partial charge in [-0.05, 0) is 45.7 Å². The van der Waals surface area contributed by atoms with E-state index in [1.54, 1.807) is 6.07 Å². The summed E-state index contributed by atoms with van der Waals surface area (Å²) in [5.74, 6) is -0.0923. The first-order chi connectivity index (χ1) is 8.06. The Morgan fingerprint density at radius 3 is 2.76 bits per heavy atom. The highest BCUT2D eigenvalue weighted by molar-refractivity contribution is 9.10.